The van der Waals surface area contributed by atoms with Crippen LogP contribution in [0.2, 0.25) is 0 Å². The minimum absolute atomic E-state index is 0.187. The molecule has 1 fully saturated rings. The van der Waals surface area contributed by atoms with Crippen LogP contribution in [-0.4, -0.2) is 35.6 Å². The zero-order valence-electron chi connectivity index (χ0n) is 10.3. The van der Waals surface area contributed by atoms with E-state index in [1.54, 1.807) is 23.5 Å². The maximum absolute atomic E-state index is 13.1. The predicted molar refractivity (Wildman–Crippen MR) is 72.3 cm³/mol. The molecule has 5 heteroatoms. The van der Waals surface area contributed by atoms with Gasteiger partial charge in [-0.2, -0.15) is 0 Å². The van der Waals surface area contributed by atoms with E-state index < -0.39 is 0 Å². The van der Waals surface area contributed by atoms with Gasteiger partial charge in [0.15, 0.2) is 0 Å². The molecule has 3 rings (SSSR count). The summed E-state index contributed by atoms with van der Waals surface area (Å²) in [6.07, 6.45) is 0. The molecule has 0 amide bonds. The molecule has 0 bridgehead atoms. The minimum Gasteiger partial charge on any atom is -0.312 e. The maximum atomic E-state index is 13.1. The van der Waals surface area contributed by atoms with Crippen LogP contribution in [0, 0.1) is 5.82 Å². The van der Waals surface area contributed by atoms with E-state index in [1.165, 1.54) is 6.07 Å². The highest BCUT2D eigenvalue weighted by Crippen LogP contribution is 2.24. The van der Waals surface area contributed by atoms with Gasteiger partial charge in [-0.25, -0.2) is 9.37 Å². The maximum Gasteiger partial charge on any atom is 0.124 e. The number of nitrogens with zero attached hydrogens (tertiary/aromatic N) is 2. The van der Waals surface area contributed by atoms with E-state index in [2.05, 4.69) is 22.1 Å². The number of hydrogen-bond acceptors (Lipinski definition) is 4. The Balaban J connectivity index is 1.78. The van der Waals surface area contributed by atoms with Gasteiger partial charge in [0.1, 0.15) is 10.8 Å². The van der Waals surface area contributed by atoms with Crippen molar-refractivity contribution in [3.8, 4) is 0 Å². The first-order valence-electron chi connectivity index (χ1n) is 6.21. The summed E-state index contributed by atoms with van der Waals surface area (Å²) in [4.78, 5) is 6.96. The summed E-state index contributed by atoms with van der Waals surface area (Å²) in [7, 11) is 0. The molecule has 1 aliphatic rings. The number of hydrogen-bond donors (Lipinski definition) is 1. The van der Waals surface area contributed by atoms with Crippen molar-refractivity contribution in [1.29, 1.82) is 0 Å². The highest BCUT2D eigenvalue weighted by Gasteiger charge is 2.17. The van der Waals surface area contributed by atoms with Crippen LogP contribution in [0.5, 0.6) is 0 Å². The van der Waals surface area contributed by atoms with Crippen LogP contribution < -0.4 is 5.32 Å². The van der Waals surface area contributed by atoms with Crippen molar-refractivity contribution in [2.24, 2.45) is 0 Å². The van der Waals surface area contributed by atoms with E-state index >= 15 is 0 Å². The number of fused-ring (bicyclic) bond motifs is 1. The van der Waals surface area contributed by atoms with Crippen LogP contribution in [-0.2, 0) is 6.54 Å². The number of nitrogens with one attached hydrogen (secondary N) is 1. The van der Waals surface area contributed by atoms with Gasteiger partial charge in [0, 0.05) is 25.7 Å². The monoisotopic (exact) mass is 265 g/mol. The van der Waals surface area contributed by atoms with Gasteiger partial charge >= 0.3 is 0 Å². The average Bonchev–Trinajstić information content (AvgIpc) is 2.70. The third-order valence-corrected chi connectivity index (χ3v) is 4.21. The van der Waals surface area contributed by atoms with Crippen molar-refractivity contribution in [3.05, 3.63) is 29.0 Å². The SMILES string of the molecule is CC1CN(Cc2nc3ccc(F)cc3s2)CCN1. The largest absolute Gasteiger partial charge is 0.312 e. The first-order valence-corrected chi connectivity index (χ1v) is 7.03. The summed E-state index contributed by atoms with van der Waals surface area (Å²) in [5, 5.41) is 4.50. The van der Waals surface area contributed by atoms with Crippen molar-refractivity contribution in [1.82, 2.24) is 15.2 Å². The molecule has 2 heterocycles. The summed E-state index contributed by atoms with van der Waals surface area (Å²) < 4.78 is 14.1. The lowest BCUT2D eigenvalue weighted by atomic mass is 10.2. The molecule has 2 aromatic rings. The highest BCUT2D eigenvalue weighted by atomic mass is 32.1. The van der Waals surface area contributed by atoms with Gasteiger partial charge in [-0.15, -0.1) is 11.3 Å². The fraction of sp³-hybridized carbons (Fsp3) is 0.462. The molecule has 0 radical (unpaired) electrons. The standard InChI is InChI=1S/C13H16FN3S/c1-9-7-17(5-4-15-9)8-13-16-11-3-2-10(14)6-12(11)18-13/h2-3,6,9,15H,4-5,7-8H2,1H3. The number of aromatic nitrogens is 1. The van der Waals surface area contributed by atoms with Gasteiger partial charge in [0.2, 0.25) is 0 Å². The smallest absolute Gasteiger partial charge is 0.124 e. The van der Waals surface area contributed by atoms with Crippen LogP contribution >= 0.6 is 11.3 Å². The molecule has 1 aliphatic heterocycles. The molecule has 1 unspecified atom stereocenters. The zero-order valence-corrected chi connectivity index (χ0v) is 11.1. The van der Waals surface area contributed by atoms with E-state index in [4.69, 9.17) is 0 Å². The Labute approximate surface area is 110 Å². The molecule has 96 valence electrons. The van der Waals surface area contributed by atoms with E-state index in [1.807, 2.05) is 0 Å². The summed E-state index contributed by atoms with van der Waals surface area (Å²) >= 11 is 1.59. The number of benzene rings is 1. The second kappa shape index (κ2) is 4.91. The molecule has 3 nitrogen and oxygen atoms in total. The Kier molecular flexibility index (Phi) is 3.28. The van der Waals surface area contributed by atoms with Gasteiger partial charge < -0.3 is 5.32 Å². The predicted octanol–water partition coefficient (Wildman–Crippen LogP) is 2.23. The molecular weight excluding hydrogens is 249 g/mol. The quantitative estimate of drug-likeness (QED) is 0.902. The molecule has 18 heavy (non-hydrogen) atoms. The summed E-state index contributed by atoms with van der Waals surface area (Å²) in [5.74, 6) is -0.187. The van der Waals surface area contributed by atoms with Gasteiger partial charge in [-0.3, -0.25) is 4.90 Å². The Morgan fingerprint density at radius 2 is 2.44 bits per heavy atom. The zero-order chi connectivity index (χ0) is 12.5. The van der Waals surface area contributed by atoms with Crippen LogP contribution in [0.15, 0.2) is 18.2 Å². The molecular formula is C13H16FN3S. The van der Waals surface area contributed by atoms with E-state index in [9.17, 15) is 4.39 Å². The van der Waals surface area contributed by atoms with Crippen molar-refractivity contribution in [2.45, 2.75) is 19.5 Å². The Bertz CT molecular complexity index is 554. The lowest BCUT2D eigenvalue weighted by molar-refractivity contribution is 0.199. The van der Waals surface area contributed by atoms with Gasteiger partial charge in [0.05, 0.1) is 16.8 Å². The van der Waals surface area contributed by atoms with Gasteiger partial charge in [-0.05, 0) is 25.1 Å². The Hall–Kier alpha value is -1.04. The van der Waals surface area contributed by atoms with Crippen LogP contribution in [0.25, 0.3) is 10.2 Å². The van der Waals surface area contributed by atoms with Crippen molar-refractivity contribution >= 4 is 21.6 Å². The minimum atomic E-state index is -0.187. The Morgan fingerprint density at radius 3 is 3.28 bits per heavy atom. The molecule has 1 N–H and O–H groups in total. The fourth-order valence-corrected chi connectivity index (χ4v) is 3.40. The molecule has 1 saturated heterocycles. The van der Waals surface area contributed by atoms with Crippen molar-refractivity contribution in [3.63, 3.8) is 0 Å². The third kappa shape index (κ3) is 2.53. The second-order valence-electron chi connectivity index (χ2n) is 4.81. The lowest BCUT2D eigenvalue weighted by Crippen LogP contribution is -2.48. The fourth-order valence-electron chi connectivity index (χ4n) is 2.36. The highest BCUT2D eigenvalue weighted by molar-refractivity contribution is 7.18. The first kappa shape index (κ1) is 12.0. The Morgan fingerprint density at radius 1 is 1.56 bits per heavy atom. The van der Waals surface area contributed by atoms with Crippen LogP contribution in [0.3, 0.4) is 0 Å². The second-order valence-corrected chi connectivity index (χ2v) is 5.93. The van der Waals surface area contributed by atoms with Crippen LogP contribution in [0.1, 0.15) is 11.9 Å². The van der Waals surface area contributed by atoms with Gasteiger partial charge in [0.25, 0.3) is 0 Å². The molecule has 0 spiro atoms. The van der Waals surface area contributed by atoms with E-state index in [0.29, 0.717) is 6.04 Å². The third-order valence-electron chi connectivity index (χ3n) is 3.21. The normalized spacial score (nSPS) is 21.6. The topological polar surface area (TPSA) is 28.2 Å². The lowest BCUT2D eigenvalue weighted by Gasteiger charge is -2.31. The number of rotatable bonds is 2. The summed E-state index contributed by atoms with van der Waals surface area (Å²) in [6, 6.07) is 5.33. The van der Waals surface area contributed by atoms with Crippen LogP contribution in [0.4, 0.5) is 4.39 Å². The van der Waals surface area contributed by atoms with E-state index in [-0.39, 0.29) is 5.82 Å². The van der Waals surface area contributed by atoms with Crippen molar-refractivity contribution in [2.75, 3.05) is 19.6 Å². The first-order chi connectivity index (χ1) is 8.70. The summed E-state index contributed by atoms with van der Waals surface area (Å²) in [5.41, 5.74) is 0.902. The van der Waals surface area contributed by atoms with Gasteiger partial charge in [-0.1, -0.05) is 0 Å². The number of halogens is 1. The molecule has 1 atom stereocenters. The molecule has 1 aromatic carbocycles. The summed E-state index contributed by atoms with van der Waals surface area (Å²) in [6.45, 7) is 6.19. The molecule has 0 saturated carbocycles. The average molecular weight is 265 g/mol. The van der Waals surface area contributed by atoms with Crippen molar-refractivity contribution < 1.29 is 4.39 Å². The number of piperazine rings is 1. The molecule has 1 aromatic heterocycles. The number of thiazole rings is 1. The molecule has 0 aliphatic carbocycles. The van der Waals surface area contributed by atoms with E-state index in [0.717, 1.165) is 41.4 Å².